The summed E-state index contributed by atoms with van der Waals surface area (Å²) in [5.41, 5.74) is 3.34. The molecule has 1 fully saturated rings. The van der Waals surface area contributed by atoms with Crippen LogP contribution in [0.1, 0.15) is 27.5 Å². The first kappa shape index (κ1) is 17.5. The van der Waals surface area contributed by atoms with Gasteiger partial charge in [0.05, 0.1) is 5.69 Å². The van der Waals surface area contributed by atoms with Crippen LogP contribution >= 0.6 is 0 Å². The number of hydrogen-bond acceptors (Lipinski definition) is 6. The summed E-state index contributed by atoms with van der Waals surface area (Å²) in [7, 11) is 0. The molecule has 0 radical (unpaired) electrons. The number of carbonyl (C=O) groups excluding carboxylic acids is 1. The minimum Gasteiger partial charge on any atom is -0.361 e. The van der Waals surface area contributed by atoms with Gasteiger partial charge in [0.25, 0.3) is 5.91 Å². The molecule has 0 bridgehead atoms. The van der Waals surface area contributed by atoms with Gasteiger partial charge in [-0.2, -0.15) is 0 Å². The Morgan fingerprint density at radius 1 is 1.04 bits per heavy atom. The van der Waals surface area contributed by atoms with E-state index < -0.39 is 0 Å². The van der Waals surface area contributed by atoms with Gasteiger partial charge >= 0.3 is 0 Å². The Kier molecular flexibility index (Phi) is 4.77. The predicted octanol–water partition coefficient (Wildman–Crippen LogP) is 2.90. The minimum atomic E-state index is -0.0853. The zero-order valence-electron chi connectivity index (χ0n) is 15.5. The van der Waals surface area contributed by atoms with Crippen molar-refractivity contribution in [3.05, 3.63) is 59.1 Å². The van der Waals surface area contributed by atoms with Crippen molar-refractivity contribution in [1.29, 1.82) is 0 Å². The number of benzene rings is 1. The topological polar surface area (TPSA) is 75.6 Å². The Morgan fingerprint density at radius 3 is 2.44 bits per heavy atom. The minimum absolute atomic E-state index is 0.0853. The molecule has 1 aliphatic heterocycles. The van der Waals surface area contributed by atoms with E-state index in [1.807, 2.05) is 49.1 Å². The summed E-state index contributed by atoms with van der Waals surface area (Å²) in [5, 5.41) is 7.98. The van der Waals surface area contributed by atoms with Crippen LogP contribution in [-0.4, -0.2) is 52.2 Å². The van der Waals surface area contributed by atoms with Crippen molar-refractivity contribution in [3.8, 4) is 11.3 Å². The van der Waals surface area contributed by atoms with Crippen molar-refractivity contribution in [3.63, 3.8) is 0 Å². The number of carbonyl (C=O) groups is 1. The number of amides is 1. The third kappa shape index (κ3) is 3.64. The van der Waals surface area contributed by atoms with Crippen LogP contribution in [0.4, 0.5) is 0 Å². The Hall–Kier alpha value is -2.93. The monoisotopic (exact) mass is 366 g/mol. The van der Waals surface area contributed by atoms with Crippen LogP contribution in [0.3, 0.4) is 0 Å². The molecular weight excluding hydrogens is 344 g/mol. The standard InChI is InChI=1S/C20H22N4O3/c1-14-17(15(2)26-21-14)13-23-8-10-24(11-9-23)20(25)18-12-19(27-22-18)16-6-4-3-5-7-16/h3-7,12H,8-11,13H2,1-2H3. The number of piperazine rings is 1. The van der Waals surface area contributed by atoms with E-state index in [1.54, 1.807) is 6.07 Å². The first-order chi connectivity index (χ1) is 13.1. The predicted molar refractivity (Wildman–Crippen MR) is 99.1 cm³/mol. The third-order valence-electron chi connectivity index (χ3n) is 5.01. The molecule has 0 aliphatic carbocycles. The molecule has 1 aliphatic rings. The van der Waals surface area contributed by atoms with Crippen molar-refractivity contribution < 1.29 is 13.8 Å². The van der Waals surface area contributed by atoms with E-state index in [4.69, 9.17) is 9.05 Å². The third-order valence-corrected chi connectivity index (χ3v) is 5.01. The molecule has 0 N–H and O–H groups in total. The van der Waals surface area contributed by atoms with E-state index in [0.29, 0.717) is 24.5 Å². The zero-order chi connectivity index (χ0) is 18.8. The van der Waals surface area contributed by atoms with Gasteiger partial charge in [-0.3, -0.25) is 9.69 Å². The van der Waals surface area contributed by atoms with Gasteiger partial charge in [-0.05, 0) is 13.8 Å². The van der Waals surface area contributed by atoms with Gasteiger partial charge in [-0.25, -0.2) is 0 Å². The molecule has 0 atom stereocenters. The quantitative estimate of drug-likeness (QED) is 0.707. The summed E-state index contributed by atoms with van der Waals surface area (Å²) in [4.78, 5) is 16.9. The van der Waals surface area contributed by atoms with Crippen LogP contribution in [0.5, 0.6) is 0 Å². The molecule has 3 heterocycles. The molecule has 0 spiro atoms. The number of aromatic nitrogens is 2. The molecule has 1 saturated heterocycles. The zero-order valence-corrected chi connectivity index (χ0v) is 15.5. The highest BCUT2D eigenvalue weighted by Crippen LogP contribution is 2.21. The second-order valence-corrected chi connectivity index (χ2v) is 6.81. The Bertz CT molecular complexity index is 904. The van der Waals surface area contributed by atoms with Gasteiger partial charge in [0.15, 0.2) is 11.5 Å². The maximum atomic E-state index is 12.7. The van der Waals surface area contributed by atoms with Gasteiger partial charge in [-0.1, -0.05) is 40.6 Å². The summed E-state index contributed by atoms with van der Waals surface area (Å²) >= 11 is 0. The smallest absolute Gasteiger partial charge is 0.276 e. The van der Waals surface area contributed by atoms with Gasteiger partial charge in [0, 0.05) is 49.9 Å². The average molecular weight is 366 g/mol. The molecule has 140 valence electrons. The molecule has 0 unspecified atom stereocenters. The number of aryl methyl sites for hydroxylation is 2. The maximum absolute atomic E-state index is 12.7. The molecule has 4 rings (SSSR count). The van der Waals surface area contributed by atoms with Crippen LogP contribution in [0.15, 0.2) is 45.4 Å². The number of rotatable bonds is 4. The van der Waals surface area contributed by atoms with Crippen LogP contribution in [0.2, 0.25) is 0 Å². The first-order valence-electron chi connectivity index (χ1n) is 9.07. The molecular formula is C20H22N4O3. The summed E-state index contributed by atoms with van der Waals surface area (Å²) in [6.07, 6.45) is 0. The molecule has 3 aromatic rings. The van der Waals surface area contributed by atoms with Crippen molar-refractivity contribution in [1.82, 2.24) is 20.1 Å². The van der Waals surface area contributed by atoms with Crippen LogP contribution in [0, 0.1) is 13.8 Å². The lowest BCUT2D eigenvalue weighted by molar-refractivity contribution is 0.0617. The lowest BCUT2D eigenvalue weighted by Crippen LogP contribution is -2.48. The maximum Gasteiger partial charge on any atom is 0.276 e. The lowest BCUT2D eigenvalue weighted by atomic mass is 10.1. The number of hydrogen-bond donors (Lipinski definition) is 0. The van der Waals surface area contributed by atoms with E-state index in [-0.39, 0.29) is 5.91 Å². The molecule has 2 aromatic heterocycles. The molecule has 7 nitrogen and oxygen atoms in total. The van der Waals surface area contributed by atoms with E-state index in [2.05, 4.69) is 15.2 Å². The van der Waals surface area contributed by atoms with Crippen molar-refractivity contribution in [2.45, 2.75) is 20.4 Å². The molecule has 7 heteroatoms. The van der Waals surface area contributed by atoms with Gasteiger partial charge in [0.2, 0.25) is 0 Å². The molecule has 27 heavy (non-hydrogen) atoms. The fourth-order valence-corrected chi connectivity index (χ4v) is 3.34. The van der Waals surface area contributed by atoms with Crippen LogP contribution in [-0.2, 0) is 6.54 Å². The second kappa shape index (κ2) is 7.36. The molecule has 1 aromatic carbocycles. The lowest BCUT2D eigenvalue weighted by Gasteiger charge is -2.34. The fourth-order valence-electron chi connectivity index (χ4n) is 3.34. The van der Waals surface area contributed by atoms with E-state index in [9.17, 15) is 4.79 Å². The summed E-state index contributed by atoms with van der Waals surface area (Å²) in [5.74, 6) is 1.39. The van der Waals surface area contributed by atoms with Crippen LogP contribution in [0.25, 0.3) is 11.3 Å². The summed E-state index contributed by atoms with van der Waals surface area (Å²) in [6, 6.07) is 11.4. The first-order valence-corrected chi connectivity index (χ1v) is 9.07. The van der Waals surface area contributed by atoms with Crippen molar-refractivity contribution >= 4 is 5.91 Å². The number of nitrogens with zero attached hydrogens (tertiary/aromatic N) is 4. The summed E-state index contributed by atoms with van der Waals surface area (Å²) < 4.78 is 10.6. The van der Waals surface area contributed by atoms with Gasteiger partial charge in [0.1, 0.15) is 5.76 Å². The van der Waals surface area contributed by atoms with E-state index in [1.165, 1.54) is 0 Å². The largest absolute Gasteiger partial charge is 0.361 e. The highest BCUT2D eigenvalue weighted by molar-refractivity contribution is 5.93. The van der Waals surface area contributed by atoms with Crippen molar-refractivity contribution in [2.75, 3.05) is 26.2 Å². The second-order valence-electron chi connectivity index (χ2n) is 6.81. The molecule has 0 saturated carbocycles. The Balaban J connectivity index is 1.37. The normalized spacial score (nSPS) is 15.3. The highest BCUT2D eigenvalue weighted by Gasteiger charge is 2.25. The van der Waals surface area contributed by atoms with Gasteiger partial charge < -0.3 is 13.9 Å². The van der Waals surface area contributed by atoms with E-state index in [0.717, 1.165) is 42.2 Å². The van der Waals surface area contributed by atoms with Gasteiger partial charge in [-0.15, -0.1) is 0 Å². The Morgan fingerprint density at radius 2 is 1.78 bits per heavy atom. The van der Waals surface area contributed by atoms with Crippen LogP contribution < -0.4 is 0 Å². The van der Waals surface area contributed by atoms with E-state index >= 15 is 0 Å². The molecule has 1 amide bonds. The highest BCUT2D eigenvalue weighted by atomic mass is 16.5. The summed E-state index contributed by atoms with van der Waals surface area (Å²) in [6.45, 7) is 7.62. The fraction of sp³-hybridized carbons (Fsp3) is 0.350. The Labute approximate surface area is 157 Å². The average Bonchev–Trinajstić information content (AvgIpc) is 3.31. The SMILES string of the molecule is Cc1noc(C)c1CN1CCN(C(=O)c2cc(-c3ccccc3)on2)CC1. The van der Waals surface area contributed by atoms with Crippen molar-refractivity contribution in [2.24, 2.45) is 0 Å².